The summed E-state index contributed by atoms with van der Waals surface area (Å²) in [6.07, 6.45) is 4.27. The monoisotopic (exact) mass is 203 g/mol. The molecule has 0 spiro atoms. The smallest absolute Gasteiger partial charge is 0.255 e. The molecule has 4 nitrogen and oxygen atoms in total. The van der Waals surface area contributed by atoms with Gasteiger partial charge in [-0.05, 0) is 0 Å². The second-order valence-corrected chi connectivity index (χ2v) is 3.95. The van der Waals surface area contributed by atoms with Crippen molar-refractivity contribution in [3.63, 3.8) is 0 Å². The minimum Gasteiger partial charge on any atom is -0.365 e. The molecule has 1 heterocycles. The molecule has 1 aromatic heterocycles. The molecule has 1 unspecified atom stereocenters. The first-order valence-electron chi connectivity index (χ1n) is 3.70. The number of rotatable bonds is 4. The zero-order valence-corrected chi connectivity index (χ0v) is 7.97. The van der Waals surface area contributed by atoms with Crippen molar-refractivity contribution in [3.8, 4) is 0 Å². The van der Waals surface area contributed by atoms with Gasteiger partial charge in [-0.1, -0.05) is 0 Å². The summed E-state index contributed by atoms with van der Waals surface area (Å²) in [4.78, 5) is 7.14. The lowest BCUT2D eigenvalue weighted by molar-refractivity contribution is 0.580. The van der Waals surface area contributed by atoms with Crippen LogP contribution in [-0.4, -0.2) is 32.7 Å². The predicted molar refractivity (Wildman–Crippen MR) is 49.4 cm³/mol. The lowest BCUT2D eigenvalue weighted by atomic mass is 10.6. The maximum absolute atomic E-state index is 12.8. The van der Waals surface area contributed by atoms with E-state index in [0.29, 0.717) is 12.3 Å². The van der Waals surface area contributed by atoms with Crippen LogP contribution >= 0.6 is 0 Å². The first-order chi connectivity index (χ1) is 6.20. The summed E-state index contributed by atoms with van der Waals surface area (Å²) in [5.74, 6) is -0.0620. The van der Waals surface area contributed by atoms with E-state index in [4.69, 9.17) is 0 Å². The molecule has 6 heteroatoms. The number of anilines is 1. The molecule has 0 aliphatic heterocycles. The summed E-state index contributed by atoms with van der Waals surface area (Å²) in [5, 5.41) is 2.70. The van der Waals surface area contributed by atoms with E-state index in [1.165, 1.54) is 12.4 Å². The highest BCUT2D eigenvalue weighted by Gasteiger charge is 2.01. The molecule has 0 aromatic carbocycles. The molecule has 0 aliphatic rings. The van der Waals surface area contributed by atoms with Crippen LogP contribution in [0.5, 0.6) is 0 Å². The summed E-state index contributed by atoms with van der Waals surface area (Å²) in [5.41, 5.74) is 0. The highest BCUT2D eigenvalue weighted by Crippen LogP contribution is 2.03. The normalized spacial score (nSPS) is 12.5. The summed E-state index contributed by atoms with van der Waals surface area (Å²) < 4.78 is 23.5. The molecule has 0 aliphatic carbocycles. The van der Waals surface area contributed by atoms with Gasteiger partial charge in [-0.15, -0.1) is 0 Å². The average Bonchev–Trinajstić information content (AvgIpc) is 2.08. The Kier molecular flexibility index (Phi) is 3.75. The van der Waals surface area contributed by atoms with E-state index in [2.05, 4.69) is 15.3 Å². The predicted octanol–water partition coefficient (Wildman–Crippen LogP) is 0.406. The zero-order valence-electron chi connectivity index (χ0n) is 7.16. The van der Waals surface area contributed by atoms with Gasteiger partial charge in [0.25, 0.3) is 5.95 Å². The quantitative estimate of drug-likeness (QED) is 0.770. The van der Waals surface area contributed by atoms with Crippen LogP contribution in [0.3, 0.4) is 0 Å². The SMILES string of the molecule is CS(=O)CCNc1nccnc1F. The molecule has 1 rings (SSSR count). The Morgan fingerprint density at radius 1 is 1.54 bits per heavy atom. The van der Waals surface area contributed by atoms with E-state index >= 15 is 0 Å². The molecule has 0 bridgehead atoms. The topological polar surface area (TPSA) is 54.9 Å². The van der Waals surface area contributed by atoms with E-state index in [1.54, 1.807) is 6.26 Å². The average molecular weight is 203 g/mol. The Balaban J connectivity index is 2.45. The van der Waals surface area contributed by atoms with Crippen LogP contribution in [-0.2, 0) is 10.8 Å². The molecular formula is C7H10FN3OS. The largest absolute Gasteiger partial charge is 0.365 e. The molecule has 1 N–H and O–H groups in total. The fourth-order valence-corrected chi connectivity index (χ4v) is 1.14. The van der Waals surface area contributed by atoms with Crippen molar-refractivity contribution in [2.75, 3.05) is 23.9 Å². The Labute approximate surface area is 78.1 Å². The molecule has 72 valence electrons. The lowest BCUT2D eigenvalue weighted by Gasteiger charge is -2.03. The van der Waals surface area contributed by atoms with Crippen LogP contribution in [0.1, 0.15) is 0 Å². The fourth-order valence-electron chi connectivity index (χ4n) is 0.753. The van der Waals surface area contributed by atoms with E-state index in [-0.39, 0.29) is 5.82 Å². The van der Waals surface area contributed by atoms with E-state index in [9.17, 15) is 8.60 Å². The molecule has 0 saturated carbocycles. The third kappa shape index (κ3) is 3.45. The van der Waals surface area contributed by atoms with Gasteiger partial charge >= 0.3 is 0 Å². The fraction of sp³-hybridized carbons (Fsp3) is 0.429. The number of halogens is 1. The van der Waals surface area contributed by atoms with Crippen molar-refractivity contribution in [2.45, 2.75) is 0 Å². The summed E-state index contributed by atoms with van der Waals surface area (Å²) >= 11 is 0. The van der Waals surface area contributed by atoms with Gasteiger partial charge in [-0.25, -0.2) is 9.97 Å². The lowest BCUT2D eigenvalue weighted by Crippen LogP contribution is -2.12. The summed E-state index contributed by atoms with van der Waals surface area (Å²) in [6.45, 7) is 0.429. The van der Waals surface area contributed by atoms with Gasteiger partial charge < -0.3 is 5.32 Å². The van der Waals surface area contributed by atoms with Gasteiger partial charge in [0.1, 0.15) is 0 Å². The van der Waals surface area contributed by atoms with Crippen LogP contribution in [0.25, 0.3) is 0 Å². The molecule has 13 heavy (non-hydrogen) atoms. The van der Waals surface area contributed by atoms with Gasteiger partial charge in [0.15, 0.2) is 5.82 Å². The Bertz CT molecular complexity index is 308. The van der Waals surface area contributed by atoms with Gasteiger partial charge in [0, 0.05) is 41.7 Å². The number of aromatic nitrogens is 2. The van der Waals surface area contributed by atoms with E-state index in [1.807, 2.05) is 0 Å². The minimum atomic E-state index is -0.879. The summed E-state index contributed by atoms with van der Waals surface area (Å²) in [6, 6.07) is 0. The van der Waals surface area contributed by atoms with Crippen molar-refractivity contribution in [3.05, 3.63) is 18.3 Å². The van der Waals surface area contributed by atoms with Gasteiger partial charge in [0.2, 0.25) is 0 Å². The highest BCUT2D eigenvalue weighted by atomic mass is 32.2. The van der Waals surface area contributed by atoms with E-state index < -0.39 is 16.7 Å². The number of hydrogen-bond acceptors (Lipinski definition) is 4. The Morgan fingerprint density at radius 2 is 2.23 bits per heavy atom. The van der Waals surface area contributed by atoms with Gasteiger partial charge in [-0.3, -0.25) is 4.21 Å². The van der Waals surface area contributed by atoms with Gasteiger partial charge in [0.05, 0.1) is 0 Å². The van der Waals surface area contributed by atoms with Crippen molar-refractivity contribution in [2.24, 2.45) is 0 Å². The van der Waals surface area contributed by atoms with Crippen LogP contribution in [0.4, 0.5) is 10.2 Å². The van der Waals surface area contributed by atoms with E-state index in [0.717, 1.165) is 0 Å². The van der Waals surface area contributed by atoms with Crippen molar-refractivity contribution >= 4 is 16.6 Å². The zero-order chi connectivity index (χ0) is 9.68. The van der Waals surface area contributed by atoms with Crippen LogP contribution in [0, 0.1) is 5.95 Å². The van der Waals surface area contributed by atoms with Crippen molar-refractivity contribution in [1.82, 2.24) is 9.97 Å². The number of nitrogens with one attached hydrogen (secondary N) is 1. The Morgan fingerprint density at radius 3 is 2.85 bits per heavy atom. The van der Waals surface area contributed by atoms with Crippen molar-refractivity contribution in [1.29, 1.82) is 0 Å². The highest BCUT2D eigenvalue weighted by molar-refractivity contribution is 7.84. The summed E-state index contributed by atoms with van der Waals surface area (Å²) in [7, 11) is -0.879. The molecule has 0 fully saturated rings. The van der Waals surface area contributed by atoms with Crippen LogP contribution < -0.4 is 5.32 Å². The number of nitrogens with zero attached hydrogens (tertiary/aromatic N) is 2. The molecule has 0 amide bonds. The first-order valence-corrected chi connectivity index (χ1v) is 5.43. The molecule has 0 saturated heterocycles. The standard InChI is InChI=1S/C7H10FN3OS/c1-13(12)5-4-11-7-6(8)9-2-3-10-7/h2-3H,4-5H2,1H3,(H,10,11). The third-order valence-corrected chi connectivity index (χ3v) is 2.11. The van der Waals surface area contributed by atoms with Gasteiger partial charge in [-0.2, -0.15) is 4.39 Å². The maximum Gasteiger partial charge on any atom is 0.255 e. The molecular weight excluding hydrogens is 193 g/mol. The molecule has 1 atom stereocenters. The second-order valence-electron chi connectivity index (χ2n) is 2.40. The minimum absolute atomic E-state index is 0.105. The number of hydrogen-bond donors (Lipinski definition) is 1. The molecule has 0 radical (unpaired) electrons. The van der Waals surface area contributed by atoms with Crippen LogP contribution in [0.2, 0.25) is 0 Å². The third-order valence-electron chi connectivity index (χ3n) is 1.34. The van der Waals surface area contributed by atoms with Crippen LogP contribution in [0.15, 0.2) is 12.4 Å². The molecule has 1 aromatic rings. The first kappa shape index (κ1) is 10.0. The van der Waals surface area contributed by atoms with Crippen molar-refractivity contribution < 1.29 is 8.60 Å². The maximum atomic E-state index is 12.8. The Hall–Kier alpha value is -1.04. The second kappa shape index (κ2) is 4.86.